The standard InChI is InChI=1S/C11H10ClFO/c1-2-4-9(14)7-8-5-3-6-10(12)11(8)13/h1,3,5-6,9,14H,4,7H2. The summed E-state index contributed by atoms with van der Waals surface area (Å²) in [5.74, 6) is 1.84. The van der Waals surface area contributed by atoms with Crippen molar-refractivity contribution in [2.45, 2.75) is 18.9 Å². The number of rotatable bonds is 3. The molecule has 1 aromatic rings. The molecular formula is C11H10ClFO. The van der Waals surface area contributed by atoms with Gasteiger partial charge >= 0.3 is 0 Å². The van der Waals surface area contributed by atoms with Gasteiger partial charge in [-0.15, -0.1) is 12.3 Å². The number of aliphatic hydroxyl groups is 1. The minimum Gasteiger partial charge on any atom is -0.392 e. The normalized spacial score (nSPS) is 12.1. The Morgan fingerprint density at radius 2 is 2.29 bits per heavy atom. The zero-order chi connectivity index (χ0) is 10.6. The van der Waals surface area contributed by atoms with E-state index in [0.29, 0.717) is 5.56 Å². The molecule has 14 heavy (non-hydrogen) atoms. The van der Waals surface area contributed by atoms with Crippen LogP contribution in [0.2, 0.25) is 5.02 Å². The fraction of sp³-hybridized carbons (Fsp3) is 0.273. The lowest BCUT2D eigenvalue weighted by molar-refractivity contribution is 0.179. The van der Waals surface area contributed by atoms with Crippen LogP contribution in [0.5, 0.6) is 0 Å². The van der Waals surface area contributed by atoms with Crippen molar-refractivity contribution in [2.75, 3.05) is 0 Å². The molecule has 0 saturated carbocycles. The van der Waals surface area contributed by atoms with Crippen LogP contribution >= 0.6 is 11.6 Å². The zero-order valence-electron chi connectivity index (χ0n) is 7.50. The van der Waals surface area contributed by atoms with Gasteiger partial charge in [-0.25, -0.2) is 4.39 Å². The van der Waals surface area contributed by atoms with E-state index in [2.05, 4.69) is 5.92 Å². The van der Waals surface area contributed by atoms with Gasteiger partial charge in [0.2, 0.25) is 0 Å². The van der Waals surface area contributed by atoms with Gasteiger partial charge in [0.25, 0.3) is 0 Å². The highest BCUT2D eigenvalue weighted by molar-refractivity contribution is 6.30. The van der Waals surface area contributed by atoms with Gasteiger partial charge in [-0.1, -0.05) is 23.7 Å². The molecule has 0 aliphatic heterocycles. The molecule has 3 heteroatoms. The van der Waals surface area contributed by atoms with Crippen molar-refractivity contribution in [1.82, 2.24) is 0 Å². The third kappa shape index (κ3) is 2.73. The molecule has 74 valence electrons. The maximum absolute atomic E-state index is 13.3. The van der Waals surface area contributed by atoms with Crippen molar-refractivity contribution in [3.8, 4) is 12.3 Å². The monoisotopic (exact) mass is 212 g/mol. The fourth-order valence-electron chi connectivity index (χ4n) is 1.17. The van der Waals surface area contributed by atoms with Crippen molar-refractivity contribution in [3.05, 3.63) is 34.6 Å². The molecule has 0 amide bonds. The molecule has 0 aliphatic rings. The second-order valence-corrected chi connectivity index (χ2v) is 3.39. The van der Waals surface area contributed by atoms with Gasteiger partial charge in [-0.2, -0.15) is 0 Å². The van der Waals surface area contributed by atoms with E-state index in [0.717, 1.165) is 0 Å². The predicted molar refractivity (Wildman–Crippen MR) is 54.6 cm³/mol. The van der Waals surface area contributed by atoms with E-state index in [1.165, 1.54) is 6.07 Å². The van der Waals surface area contributed by atoms with Gasteiger partial charge in [0, 0.05) is 12.8 Å². The largest absolute Gasteiger partial charge is 0.392 e. The highest BCUT2D eigenvalue weighted by atomic mass is 35.5. The molecule has 1 N–H and O–H groups in total. The van der Waals surface area contributed by atoms with Crippen molar-refractivity contribution in [3.63, 3.8) is 0 Å². The highest BCUT2D eigenvalue weighted by Gasteiger charge is 2.10. The molecule has 0 heterocycles. The lowest BCUT2D eigenvalue weighted by Crippen LogP contribution is -2.10. The third-order valence-corrected chi connectivity index (χ3v) is 2.13. The molecule has 0 bridgehead atoms. The number of hydrogen-bond donors (Lipinski definition) is 1. The number of aliphatic hydroxyl groups excluding tert-OH is 1. The van der Waals surface area contributed by atoms with E-state index < -0.39 is 11.9 Å². The lowest BCUT2D eigenvalue weighted by Gasteiger charge is -2.08. The first-order chi connectivity index (χ1) is 6.65. The summed E-state index contributed by atoms with van der Waals surface area (Å²) in [7, 11) is 0. The van der Waals surface area contributed by atoms with E-state index in [1.807, 2.05) is 0 Å². The van der Waals surface area contributed by atoms with Crippen LogP contribution in [0.25, 0.3) is 0 Å². The Labute approximate surface area is 87.5 Å². The molecule has 0 aliphatic carbocycles. The summed E-state index contributed by atoms with van der Waals surface area (Å²) >= 11 is 5.58. The van der Waals surface area contributed by atoms with Crippen LogP contribution in [0.1, 0.15) is 12.0 Å². The maximum atomic E-state index is 13.3. The fourth-order valence-corrected chi connectivity index (χ4v) is 1.36. The van der Waals surface area contributed by atoms with Gasteiger partial charge < -0.3 is 5.11 Å². The quantitative estimate of drug-likeness (QED) is 0.763. The summed E-state index contributed by atoms with van der Waals surface area (Å²) in [6.45, 7) is 0. The molecule has 1 aromatic carbocycles. The topological polar surface area (TPSA) is 20.2 Å². The number of halogens is 2. The summed E-state index contributed by atoms with van der Waals surface area (Å²) in [5, 5.41) is 9.43. The van der Waals surface area contributed by atoms with E-state index >= 15 is 0 Å². The van der Waals surface area contributed by atoms with Gasteiger partial charge in [-0.3, -0.25) is 0 Å². The van der Waals surface area contributed by atoms with E-state index in [1.54, 1.807) is 12.1 Å². The Hall–Kier alpha value is -1.04. The van der Waals surface area contributed by atoms with Crippen LogP contribution in [-0.4, -0.2) is 11.2 Å². The van der Waals surface area contributed by atoms with Crippen molar-refractivity contribution < 1.29 is 9.50 Å². The van der Waals surface area contributed by atoms with Crippen LogP contribution in [0, 0.1) is 18.2 Å². The molecule has 0 spiro atoms. The molecule has 0 radical (unpaired) electrons. The Morgan fingerprint density at radius 3 is 2.93 bits per heavy atom. The maximum Gasteiger partial charge on any atom is 0.145 e. The Bertz CT molecular complexity index is 357. The molecule has 1 nitrogen and oxygen atoms in total. The second-order valence-electron chi connectivity index (χ2n) is 2.98. The first kappa shape index (κ1) is 11.0. The Morgan fingerprint density at radius 1 is 1.57 bits per heavy atom. The summed E-state index contributed by atoms with van der Waals surface area (Å²) in [6, 6.07) is 4.69. The average Bonchev–Trinajstić information content (AvgIpc) is 2.13. The first-order valence-electron chi connectivity index (χ1n) is 4.19. The second kappa shape index (κ2) is 4.99. The van der Waals surface area contributed by atoms with E-state index in [9.17, 15) is 9.50 Å². The van der Waals surface area contributed by atoms with Gasteiger partial charge in [0.05, 0.1) is 11.1 Å². The van der Waals surface area contributed by atoms with Gasteiger partial charge in [0.1, 0.15) is 5.82 Å². The smallest absolute Gasteiger partial charge is 0.145 e. The Kier molecular flexibility index (Phi) is 3.94. The van der Waals surface area contributed by atoms with Crippen molar-refractivity contribution >= 4 is 11.6 Å². The van der Waals surface area contributed by atoms with Crippen LogP contribution in [0.4, 0.5) is 4.39 Å². The molecular weight excluding hydrogens is 203 g/mol. The molecule has 1 atom stereocenters. The molecule has 1 rings (SSSR count). The average molecular weight is 213 g/mol. The van der Waals surface area contributed by atoms with Gasteiger partial charge in [-0.05, 0) is 11.6 Å². The summed E-state index contributed by atoms with van der Waals surface area (Å²) < 4.78 is 13.3. The van der Waals surface area contributed by atoms with Crippen LogP contribution < -0.4 is 0 Å². The molecule has 0 aromatic heterocycles. The van der Waals surface area contributed by atoms with Crippen LogP contribution in [-0.2, 0) is 6.42 Å². The summed E-state index contributed by atoms with van der Waals surface area (Å²) in [6.07, 6.45) is 4.71. The van der Waals surface area contributed by atoms with E-state index in [-0.39, 0.29) is 17.9 Å². The van der Waals surface area contributed by atoms with Crippen LogP contribution in [0.15, 0.2) is 18.2 Å². The van der Waals surface area contributed by atoms with Crippen molar-refractivity contribution in [1.29, 1.82) is 0 Å². The minimum absolute atomic E-state index is 0.0652. The minimum atomic E-state index is -0.715. The number of terminal acetylenes is 1. The van der Waals surface area contributed by atoms with Crippen molar-refractivity contribution in [2.24, 2.45) is 0 Å². The summed E-state index contributed by atoms with van der Waals surface area (Å²) in [4.78, 5) is 0. The van der Waals surface area contributed by atoms with Crippen LogP contribution in [0.3, 0.4) is 0 Å². The molecule has 0 fully saturated rings. The molecule has 0 saturated heterocycles. The predicted octanol–water partition coefficient (Wildman–Crippen LogP) is 2.41. The zero-order valence-corrected chi connectivity index (χ0v) is 8.26. The lowest BCUT2D eigenvalue weighted by atomic mass is 10.1. The number of benzene rings is 1. The first-order valence-corrected chi connectivity index (χ1v) is 4.57. The SMILES string of the molecule is C#CCC(O)Cc1cccc(Cl)c1F. The van der Waals surface area contributed by atoms with Gasteiger partial charge in [0.15, 0.2) is 0 Å². The third-order valence-electron chi connectivity index (χ3n) is 1.84. The number of hydrogen-bond acceptors (Lipinski definition) is 1. The summed E-state index contributed by atoms with van der Waals surface area (Å²) in [5.41, 5.74) is 0.389. The highest BCUT2D eigenvalue weighted by Crippen LogP contribution is 2.19. The Balaban J connectivity index is 2.77. The molecule has 1 unspecified atom stereocenters. The van der Waals surface area contributed by atoms with E-state index in [4.69, 9.17) is 18.0 Å².